The minimum atomic E-state index is -0.604. The Balaban J connectivity index is 2.17. The molecule has 2 atom stereocenters. The lowest BCUT2D eigenvalue weighted by atomic mass is 9.76. The Labute approximate surface area is 150 Å². The summed E-state index contributed by atoms with van der Waals surface area (Å²) in [6, 6.07) is 4.21. The lowest BCUT2D eigenvalue weighted by Crippen LogP contribution is -2.34. The van der Waals surface area contributed by atoms with Crippen LogP contribution in [0.15, 0.2) is 29.4 Å². The molecule has 1 aliphatic rings. The lowest BCUT2D eigenvalue weighted by Gasteiger charge is -2.30. The van der Waals surface area contributed by atoms with Crippen molar-refractivity contribution in [3.05, 3.63) is 46.4 Å². The summed E-state index contributed by atoms with van der Waals surface area (Å²) in [4.78, 5) is 17.3. The third kappa shape index (κ3) is 3.31. The zero-order valence-corrected chi connectivity index (χ0v) is 14.8. The molecule has 1 aromatic heterocycles. The van der Waals surface area contributed by atoms with Crippen LogP contribution in [0.25, 0.3) is 0 Å². The van der Waals surface area contributed by atoms with Crippen molar-refractivity contribution in [2.24, 2.45) is 10.9 Å². The number of aliphatic imine (C=N–C) groups is 1. The number of hydrogen-bond donors (Lipinski definition) is 1. The fourth-order valence-corrected chi connectivity index (χ4v) is 3.55. The standard InChI is InChI=1S/C18H19ClFN3O2/c1-3-5-14-16(18(24)25-4-2)15(12-9-21-23-17(12)22-14)11-7-6-10(20)8-13(11)19/h6-9,15-16H,3-5H2,1-2H3,(H,21,23). The van der Waals surface area contributed by atoms with Gasteiger partial charge in [-0.2, -0.15) is 5.10 Å². The molecule has 3 rings (SSSR count). The summed E-state index contributed by atoms with van der Waals surface area (Å²) >= 11 is 6.31. The highest BCUT2D eigenvalue weighted by Crippen LogP contribution is 2.44. The molecule has 0 spiro atoms. The van der Waals surface area contributed by atoms with Gasteiger partial charge in [-0.3, -0.25) is 9.89 Å². The molecule has 1 aliphatic heterocycles. The number of ether oxygens (including phenoxy) is 1. The first-order valence-electron chi connectivity index (χ1n) is 8.29. The molecule has 0 amide bonds. The van der Waals surface area contributed by atoms with Gasteiger partial charge in [0.05, 0.1) is 12.8 Å². The normalized spacial score (nSPS) is 19.3. The number of esters is 1. The summed E-state index contributed by atoms with van der Waals surface area (Å²) < 4.78 is 18.8. The molecule has 0 fully saturated rings. The largest absolute Gasteiger partial charge is 0.465 e. The van der Waals surface area contributed by atoms with Crippen molar-refractivity contribution in [1.82, 2.24) is 10.2 Å². The average Bonchev–Trinajstić information content (AvgIpc) is 3.02. The monoisotopic (exact) mass is 363 g/mol. The molecular weight excluding hydrogens is 345 g/mol. The summed E-state index contributed by atoms with van der Waals surface area (Å²) in [5.41, 5.74) is 2.14. The van der Waals surface area contributed by atoms with Crippen molar-refractivity contribution in [2.75, 3.05) is 6.61 Å². The van der Waals surface area contributed by atoms with E-state index in [9.17, 15) is 9.18 Å². The molecule has 0 saturated carbocycles. The number of aromatic nitrogens is 2. The molecule has 0 radical (unpaired) electrons. The molecule has 25 heavy (non-hydrogen) atoms. The van der Waals surface area contributed by atoms with Crippen molar-refractivity contribution in [1.29, 1.82) is 0 Å². The maximum Gasteiger partial charge on any atom is 0.315 e. The number of fused-ring (bicyclic) bond motifs is 1. The number of halogens is 2. The second kappa shape index (κ2) is 7.35. The number of aromatic amines is 1. The van der Waals surface area contributed by atoms with Gasteiger partial charge in [-0.05, 0) is 31.0 Å². The molecule has 1 aromatic carbocycles. The quantitative estimate of drug-likeness (QED) is 0.800. The Morgan fingerprint density at radius 3 is 2.84 bits per heavy atom. The average molecular weight is 364 g/mol. The maximum atomic E-state index is 13.5. The highest BCUT2D eigenvalue weighted by atomic mass is 35.5. The van der Waals surface area contributed by atoms with Gasteiger partial charge in [-0.25, -0.2) is 9.38 Å². The van der Waals surface area contributed by atoms with Crippen LogP contribution in [0.5, 0.6) is 0 Å². The molecule has 5 nitrogen and oxygen atoms in total. The van der Waals surface area contributed by atoms with Crippen molar-refractivity contribution in [3.63, 3.8) is 0 Å². The van der Waals surface area contributed by atoms with Crippen LogP contribution in [-0.4, -0.2) is 28.5 Å². The number of nitrogens with one attached hydrogen (secondary N) is 1. The smallest absolute Gasteiger partial charge is 0.315 e. The zero-order valence-electron chi connectivity index (χ0n) is 14.1. The van der Waals surface area contributed by atoms with Gasteiger partial charge in [-0.1, -0.05) is 31.0 Å². The Morgan fingerprint density at radius 1 is 1.36 bits per heavy atom. The predicted molar refractivity (Wildman–Crippen MR) is 94.0 cm³/mol. The number of hydrogen-bond acceptors (Lipinski definition) is 4. The van der Waals surface area contributed by atoms with E-state index in [1.54, 1.807) is 19.2 Å². The van der Waals surface area contributed by atoms with Gasteiger partial charge in [0.25, 0.3) is 0 Å². The van der Waals surface area contributed by atoms with Gasteiger partial charge < -0.3 is 4.74 Å². The number of carbonyl (C=O) groups is 1. The topological polar surface area (TPSA) is 67.3 Å². The number of H-pyrrole nitrogens is 1. The van der Waals surface area contributed by atoms with Gasteiger partial charge >= 0.3 is 5.97 Å². The molecule has 2 aromatic rings. The summed E-state index contributed by atoms with van der Waals surface area (Å²) in [6.45, 7) is 4.06. The van der Waals surface area contributed by atoms with Gasteiger partial charge in [0, 0.05) is 22.2 Å². The third-order valence-corrected chi connectivity index (χ3v) is 4.60. The van der Waals surface area contributed by atoms with Crippen LogP contribution in [0.4, 0.5) is 10.2 Å². The van der Waals surface area contributed by atoms with Crippen LogP contribution in [-0.2, 0) is 9.53 Å². The molecule has 7 heteroatoms. The second-order valence-corrected chi connectivity index (χ2v) is 6.31. The third-order valence-electron chi connectivity index (χ3n) is 4.27. The fraction of sp³-hybridized carbons (Fsp3) is 0.389. The first-order valence-corrected chi connectivity index (χ1v) is 8.66. The number of rotatable bonds is 5. The first kappa shape index (κ1) is 17.6. The summed E-state index contributed by atoms with van der Waals surface area (Å²) in [5.74, 6) is -1.19. The number of carbonyl (C=O) groups excluding carboxylic acids is 1. The van der Waals surface area contributed by atoms with Crippen LogP contribution in [0.2, 0.25) is 5.02 Å². The van der Waals surface area contributed by atoms with E-state index >= 15 is 0 Å². The van der Waals surface area contributed by atoms with Crippen LogP contribution in [0, 0.1) is 11.7 Å². The second-order valence-electron chi connectivity index (χ2n) is 5.90. The highest BCUT2D eigenvalue weighted by Gasteiger charge is 2.41. The Bertz CT molecular complexity index is 818. The van der Waals surface area contributed by atoms with E-state index in [2.05, 4.69) is 15.2 Å². The van der Waals surface area contributed by atoms with E-state index in [-0.39, 0.29) is 17.6 Å². The minimum Gasteiger partial charge on any atom is -0.465 e. The summed E-state index contributed by atoms with van der Waals surface area (Å²) in [5, 5.41) is 7.19. The lowest BCUT2D eigenvalue weighted by molar-refractivity contribution is -0.146. The van der Waals surface area contributed by atoms with E-state index in [1.807, 2.05) is 6.92 Å². The van der Waals surface area contributed by atoms with E-state index in [1.165, 1.54) is 12.1 Å². The molecule has 132 valence electrons. The van der Waals surface area contributed by atoms with Crippen molar-refractivity contribution in [3.8, 4) is 0 Å². The van der Waals surface area contributed by atoms with Gasteiger partial charge in [0.1, 0.15) is 11.7 Å². The van der Waals surface area contributed by atoms with Gasteiger partial charge in [0.15, 0.2) is 5.82 Å². The predicted octanol–water partition coefficient (Wildman–Crippen LogP) is 4.40. The van der Waals surface area contributed by atoms with Crippen molar-refractivity contribution >= 4 is 29.1 Å². The van der Waals surface area contributed by atoms with Crippen molar-refractivity contribution < 1.29 is 13.9 Å². The Kier molecular flexibility index (Phi) is 5.18. The molecule has 0 bridgehead atoms. The van der Waals surface area contributed by atoms with Gasteiger partial charge in [0.2, 0.25) is 0 Å². The van der Waals surface area contributed by atoms with Crippen LogP contribution < -0.4 is 0 Å². The molecule has 2 heterocycles. The van der Waals surface area contributed by atoms with E-state index in [4.69, 9.17) is 16.3 Å². The van der Waals surface area contributed by atoms with Crippen LogP contribution in [0.3, 0.4) is 0 Å². The highest BCUT2D eigenvalue weighted by molar-refractivity contribution is 6.31. The van der Waals surface area contributed by atoms with E-state index in [0.717, 1.165) is 17.7 Å². The summed E-state index contributed by atoms with van der Waals surface area (Å²) in [7, 11) is 0. The maximum absolute atomic E-state index is 13.5. The first-order chi connectivity index (χ1) is 12.1. The van der Waals surface area contributed by atoms with Crippen LogP contribution >= 0.6 is 11.6 Å². The fourth-order valence-electron chi connectivity index (χ4n) is 3.26. The molecular formula is C18H19ClFN3O2. The summed E-state index contributed by atoms with van der Waals surface area (Å²) in [6.07, 6.45) is 3.12. The number of benzene rings is 1. The van der Waals surface area contributed by atoms with E-state index < -0.39 is 17.7 Å². The molecule has 1 N–H and O–H groups in total. The molecule has 0 aliphatic carbocycles. The Morgan fingerprint density at radius 2 is 2.16 bits per heavy atom. The number of nitrogens with zero attached hydrogens (tertiary/aromatic N) is 2. The molecule has 2 unspecified atom stereocenters. The molecule has 0 saturated heterocycles. The minimum absolute atomic E-state index is 0.268. The zero-order chi connectivity index (χ0) is 18.0. The SMILES string of the molecule is CCCC1=Nc2[nH]ncc2C(c2ccc(F)cc2Cl)C1C(=O)OCC. The van der Waals surface area contributed by atoms with Gasteiger partial charge in [-0.15, -0.1) is 0 Å². The van der Waals surface area contributed by atoms with E-state index in [0.29, 0.717) is 17.8 Å². The van der Waals surface area contributed by atoms with Crippen molar-refractivity contribution in [2.45, 2.75) is 32.6 Å². The Hall–Kier alpha value is -2.21. The van der Waals surface area contributed by atoms with Crippen LogP contribution in [0.1, 0.15) is 43.7 Å².